The number of alkyl halides is 3. The minimum atomic E-state index is -4.80. The quantitative estimate of drug-likeness (QED) is 0.714. The average Bonchev–Trinajstić information content (AvgIpc) is 2.48. The number of benzene rings is 1. The van der Waals surface area contributed by atoms with Crippen LogP contribution in [0.2, 0.25) is 5.02 Å². The predicted molar refractivity (Wildman–Crippen MR) is 61.5 cm³/mol. The van der Waals surface area contributed by atoms with Gasteiger partial charge in [0.25, 0.3) is 0 Å². The maximum absolute atomic E-state index is 12.3. The summed E-state index contributed by atoms with van der Waals surface area (Å²) in [6.45, 7) is 0.165. The van der Waals surface area contributed by atoms with E-state index in [1.54, 1.807) is 18.2 Å². The molecule has 0 bridgehead atoms. The summed E-state index contributed by atoms with van der Waals surface area (Å²) >= 11 is 5.84. The first-order valence-electron chi connectivity index (χ1n) is 5.51. The molecule has 1 aliphatic rings. The molecule has 2 nitrogen and oxygen atoms in total. The van der Waals surface area contributed by atoms with Crippen LogP contribution in [0, 0.1) is 0 Å². The van der Waals surface area contributed by atoms with Gasteiger partial charge in [-0.2, -0.15) is 13.2 Å². The zero-order valence-electron chi connectivity index (χ0n) is 9.43. The molecule has 18 heavy (non-hydrogen) atoms. The summed E-state index contributed by atoms with van der Waals surface area (Å²) in [4.78, 5) is 12.0. The van der Waals surface area contributed by atoms with E-state index >= 15 is 0 Å². The van der Waals surface area contributed by atoms with E-state index in [1.165, 1.54) is 0 Å². The van der Waals surface area contributed by atoms with Gasteiger partial charge in [0.15, 0.2) is 0 Å². The van der Waals surface area contributed by atoms with Crippen molar-refractivity contribution in [2.75, 3.05) is 13.1 Å². The lowest BCUT2D eigenvalue weighted by molar-refractivity contribution is -0.185. The van der Waals surface area contributed by atoms with E-state index in [4.69, 9.17) is 11.6 Å². The molecule has 0 N–H and O–H groups in total. The van der Waals surface area contributed by atoms with Crippen LogP contribution >= 0.6 is 11.6 Å². The van der Waals surface area contributed by atoms with Gasteiger partial charge in [0.05, 0.1) is 0 Å². The number of hydrogen-bond donors (Lipinski definition) is 0. The van der Waals surface area contributed by atoms with E-state index < -0.39 is 12.1 Å². The third-order valence-corrected chi connectivity index (χ3v) is 3.24. The van der Waals surface area contributed by atoms with Crippen molar-refractivity contribution in [1.82, 2.24) is 4.90 Å². The highest BCUT2D eigenvalue weighted by molar-refractivity contribution is 6.30. The molecule has 1 aromatic rings. The lowest BCUT2D eigenvalue weighted by atomic mass is 10.0. The number of carbonyl (C=O) groups excluding carboxylic acids is 1. The minimum absolute atomic E-state index is 0.0751. The van der Waals surface area contributed by atoms with E-state index in [0.29, 0.717) is 17.9 Å². The van der Waals surface area contributed by atoms with Crippen molar-refractivity contribution in [1.29, 1.82) is 0 Å². The van der Waals surface area contributed by atoms with E-state index in [-0.39, 0.29) is 13.1 Å². The summed E-state index contributed by atoms with van der Waals surface area (Å²) in [5, 5.41) is 0.560. The summed E-state index contributed by atoms with van der Waals surface area (Å²) in [7, 11) is 0. The molecule has 1 heterocycles. The molecule has 0 spiro atoms. The number of carbonyl (C=O) groups is 1. The molecular weight excluding hydrogens is 267 g/mol. The Morgan fingerprint density at radius 2 is 1.78 bits per heavy atom. The molecule has 0 radical (unpaired) electrons. The van der Waals surface area contributed by atoms with Gasteiger partial charge in [-0.1, -0.05) is 17.7 Å². The summed E-state index contributed by atoms with van der Waals surface area (Å²) in [6, 6.07) is 5.26. The lowest BCUT2D eigenvalue weighted by Gasteiger charge is -2.21. The fourth-order valence-electron chi connectivity index (χ4n) is 2.08. The van der Waals surface area contributed by atoms with Crippen LogP contribution in [-0.4, -0.2) is 30.1 Å². The molecule has 0 saturated heterocycles. The monoisotopic (exact) mass is 277 g/mol. The third kappa shape index (κ3) is 2.77. The fraction of sp³-hybridized carbons (Fsp3) is 0.417. The predicted octanol–water partition coefficient (Wildman–Crippen LogP) is 2.83. The second kappa shape index (κ2) is 4.80. The number of amides is 1. The lowest BCUT2D eigenvalue weighted by Crippen LogP contribution is -2.42. The highest BCUT2D eigenvalue weighted by Gasteiger charge is 2.42. The largest absolute Gasteiger partial charge is 0.471 e. The molecule has 1 amide bonds. The highest BCUT2D eigenvalue weighted by atomic mass is 35.5. The maximum atomic E-state index is 12.3. The zero-order valence-corrected chi connectivity index (χ0v) is 10.2. The topological polar surface area (TPSA) is 20.3 Å². The molecule has 0 atom stereocenters. The molecule has 0 unspecified atom stereocenters. The van der Waals surface area contributed by atoms with Crippen molar-refractivity contribution in [2.24, 2.45) is 0 Å². The van der Waals surface area contributed by atoms with E-state index in [9.17, 15) is 18.0 Å². The van der Waals surface area contributed by atoms with Gasteiger partial charge in [0.1, 0.15) is 0 Å². The summed E-state index contributed by atoms with van der Waals surface area (Å²) in [5.41, 5.74) is 1.87. The van der Waals surface area contributed by atoms with Crippen LogP contribution in [0.25, 0.3) is 0 Å². The minimum Gasteiger partial charge on any atom is -0.334 e. The molecule has 0 saturated carbocycles. The Kier molecular flexibility index (Phi) is 3.52. The summed E-state index contributed by atoms with van der Waals surface area (Å²) < 4.78 is 37.0. The second-order valence-corrected chi connectivity index (χ2v) is 4.64. The van der Waals surface area contributed by atoms with Gasteiger partial charge >= 0.3 is 12.1 Å². The van der Waals surface area contributed by atoms with Gasteiger partial charge in [-0.25, -0.2) is 0 Å². The van der Waals surface area contributed by atoms with Gasteiger partial charge in [0.2, 0.25) is 0 Å². The van der Waals surface area contributed by atoms with E-state index in [2.05, 4.69) is 0 Å². The van der Waals surface area contributed by atoms with Gasteiger partial charge in [-0.05, 0) is 36.1 Å². The van der Waals surface area contributed by atoms with E-state index in [0.717, 1.165) is 16.0 Å². The van der Waals surface area contributed by atoms with Crippen molar-refractivity contribution in [2.45, 2.75) is 19.0 Å². The van der Waals surface area contributed by atoms with Crippen molar-refractivity contribution in [3.63, 3.8) is 0 Å². The van der Waals surface area contributed by atoms with Crippen molar-refractivity contribution < 1.29 is 18.0 Å². The molecule has 98 valence electrons. The number of nitrogens with zero attached hydrogens (tertiary/aromatic N) is 1. The number of halogens is 4. The van der Waals surface area contributed by atoms with Gasteiger partial charge < -0.3 is 4.90 Å². The number of fused-ring (bicyclic) bond motifs is 1. The Labute approximate surface area is 107 Å². The number of rotatable bonds is 0. The molecule has 2 rings (SSSR count). The van der Waals surface area contributed by atoms with Crippen LogP contribution in [0.3, 0.4) is 0 Å². The fourth-order valence-corrected chi connectivity index (χ4v) is 2.27. The summed E-state index contributed by atoms with van der Waals surface area (Å²) in [5.74, 6) is -1.76. The standard InChI is InChI=1S/C12H11ClF3NO/c13-10-2-1-8-3-5-17(6-4-9(8)7-10)11(18)12(14,15)16/h1-2,7H,3-6H2. The SMILES string of the molecule is O=C(N1CCc2ccc(Cl)cc2CC1)C(F)(F)F. The maximum Gasteiger partial charge on any atom is 0.471 e. The molecular formula is C12H11ClF3NO. The third-order valence-electron chi connectivity index (χ3n) is 3.00. The first-order chi connectivity index (χ1) is 8.38. The van der Waals surface area contributed by atoms with Crippen LogP contribution in [0.5, 0.6) is 0 Å². The molecule has 0 aromatic heterocycles. The van der Waals surface area contributed by atoms with Crippen LogP contribution < -0.4 is 0 Å². The van der Waals surface area contributed by atoms with Crippen molar-refractivity contribution in [3.8, 4) is 0 Å². The first-order valence-corrected chi connectivity index (χ1v) is 5.89. The van der Waals surface area contributed by atoms with Crippen molar-refractivity contribution >= 4 is 17.5 Å². The molecule has 1 aliphatic heterocycles. The Hall–Kier alpha value is -1.23. The average molecular weight is 278 g/mol. The summed E-state index contributed by atoms with van der Waals surface area (Å²) in [6.07, 6.45) is -3.97. The first kappa shape index (κ1) is 13.2. The Balaban J connectivity index is 2.15. The van der Waals surface area contributed by atoms with E-state index in [1.807, 2.05) is 0 Å². The van der Waals surface area contributed by atoms with Crippen LogP contribution in [0.4, 0.5) is 13.2 Å². The molecule has 0 fully saturated rings. The van der Waals surface area contributed by atoms with Crippen LogP contribution in [-0.2, 0) is 17.6 Å². The highest BCUT2D eigenvalue weighted by Crippen LogP contribution is 2.23. The normalized spacial score (nSPS) is 16.1. The van der Waals surface area contributed by atoms with Gasteiger partial charge in [-0.15, -0.1) is 0 Å². The molecule has 1 aromatic carbocycles. The Morgan fingerprint density at radius 1 is 1.17 bits per heavy atom. The smallest absolute Gasteiger partial charge is 0.334 e. The zero-order chi connectivity index (χ0) is 13.3. The molecule has 6 heteroatoms. The Bertz CT molecular complexity index is 473. The second-order valence-electron chi connectivity index (χ2n) is 4.20. The van der Waals surface area contributed by atoms with Crippen molar-refractivity contribution in [3.05, 3.63) is 34.3 Å². The van der Waals surface area contributed by atoms with Crippen LogP contribution in [0.15, 0.2) is 18.2 Å². The van der Waals surface area contributed by atoms with Gasteiger partial charge in [-0.3, -0.25) is 4.79 Å². The van der Waals surface area contributed by atoms with Crippen LogP contribution in [0.1, 0.15) is 11.1 Å². The molecule has 0 aliphatic carbocycles. The van der Waals surface area contributed by atoms with Gasteiger partial charge in [0, 0.05) is 18.1 Å². The Morgan fingerprint density at radius 3 is 2.39 bits per heavy atom. The number of hydrogen-bond acceptors (Lipinski definition) is 1.